The van der Waals surface area contributed by atoms with Gasteiger partial charge in [0.2, 0.25) is 5.88 Å². The predicted octanol–water partition coefficient (Wildman–Crippen LogP) is 3.90. The first-order valence-corrected chi connectivity index (χ1v) is 8.95. The SMILES string of the molecule is COc1cccc(OC)c1C(=O)NC(=O)Nc1ccc(Oc2cncc(Cl)c2)nc1. The third kappa shape index (κ3) is 5.15. The van der Waals surface area contributed by atoms with Gasteiger partial charge in [-0.25, -0.2) is 9.78 Å². The van der Waals surface area contributed by atoms with Crippen molar-refractivity contribution in [1.29, 1.82) is 0 Å². The van der Waals surface area contributed by atoms with Crippen LogP contribution in [0.15, 0.2) is 55.0 Å². The normalized spacial score (nSPS) is 10.1. The van der Waals surface area contributed by atoms with Gasteiger partial charge in [-0.3, -0.25) is 15.1 Å². The second-order valence-corrected chi connectivity index (χ2v) is 6.21. The highest BCUT2D eigenvalue weighted by atomic mass is 35.5. The minimum Gasteiger partial charge on any atom is -0.496 e. The Labute approximate surface area is 177 Å². The van der Waals surface area contributed by atoms with Crippen LogP contribution in [0, 0.1) is 0 Å². The Morgan fingerprint density at radius 2 is 1.73 bits per heavy atom. The zero-order chi connectivity index (χ0) is 21.5. The lowest BCUT2D eigenvalue weighted by Crippen LogP contribution is -2.34. The molecule has 0 radical (unpaired) electrons. The van der Waals surface area contributed by atoms with Crippen LogP contribution in [0.2, 0.25) is 5.02 Å². The quantitative estimate of drug-likeness (QED) is 0.612. The van der Waals surface area contributed by atoms with E-state index in [0.29, 0.717) is 16.5 Å². The van der Waals surface area contributed by atoms with Gasteiger partial charge in [0, 0.05) is 18.3 Å². The number of nitrogens with one attached hydrogen (secondary N) is 2. The molecule has 0 spiro atoms. The first-order valence-electron chi connectivity index (χ1n) is 8.58. The van der Waals surface area contributed by atoms with Crippen molar-refractivity contribution in [1.82, 2.24) is 15.3 Å². The standard InChI is InChI=1S/C20H17ClN4O5/c1-28-15-4-3-5-16(29-2)18(15)19(26)25-20(27)24-13-6-7-17(23-10-13)30-14-8-12(21)9-22-11-14/h3-11H,1-2H3,(H2,24,25,26,27). The maximum absolute atomic E-state index is 12.5. The molecule has 0 saturated heterocycles. The van der Waals surface area contributed by atoms with E-state index in [1.54, 1.807) is 36.4 Å². The lowest BCUT2D eigenvalue weighted by molar-refractivity contribution is 0.0961. The van der Waals surface area contributed by atoms with Crippen molar-refractivity contribution in [3.63, 3.8) is 0 Å². The summed E-state index contributed by atoms with van der Waals surface area (Å²) in [6.07, 6.45) is 4.35. The van der Waals surface area contributed by atoms with Crippen molar-refractivity contribution in [2.75, 3.05) is 19.5 Å². The molecule has 3 amide bonds. The molecule has 0 unspecified atom stereocenters. The first-order chi connectivity index (χ1) is 14.5. The number of amides is 3. The number of imide groups is 1. The van der Waals surface area contributed by atoms with Gasteiger partial charge in [-0.1, -0.05) is 17.7 Å². The number of pyridine rings is 2. The number of hydrogen-bond donors (Lipinski definition) is 2. The van der Waals surface area contributed by atoms with E-state index in [0.717, 1.165) is 0 Å². The molecule has 0 bridgehead atoms. The largest absolute Gasteiger partial charge is 0.496 e. The number of halogens is 1. The van der Waals surface area contributed by atoms with Gasteiger partial charge in [0.05, 0.1) is 37.3 Å². The molecule has 0 fully saturated rings. The molecule has 2 aromatic heterocycles. The van der Waals surface area contributed by atoms with E-state index in [4.69, 9.17) is 25.8 Å². The molecule has 0 aliphatic rings. The van der Waals surface area contributed by atoms with Gasteiger partial charge in [-0.15, -0.1) is 0 Å². The molecule has 3 rings (SSSR count). The highest BCUT2D eigenvalue weighted by Crippen LogP contribution is 2.28. The molecule has 30 heavy (non-hydrogen) atoms. The summed E-state index contributed by atoms with van der Waals surface area (Å²) >= 11 is 5.86. The van der Waals surface area contributed by atoms with Gasteiger partial charge in [-0.2, -0.15) is 0 Å². The number of ether oxygens (including phenoxy) is 3. The average Bonchev–Trinajstić information content (AvgIpc) is 2.74. The number of nitrogens with zero attached hydrogens (tertiary/aromatic N) is 2. The molecular formula is C20H17ClN4O5. The van der Waals surface area contributed by atoms with E-state index in [2.05, 4.69) is 20.6 Å². The van der Waals surface area contributed by atoms with Crippen LogP contribution in [-0.4, -0.2) is 36.1 Å². The van der Waals surface area contributed by atoms with Crippen LogP contribution in [0.3, 0.4) is 0 Å². The molecule has 0 aliphatic carbocycles. The van der Waals surface area contributed by atoms with Crippen LogP contribution >= 0.6 is 11.6 Å². The number of benzene rings is 1. The van der Waals surface area contributed by atoms with Gasteiger partial charge >= 0.3 is 6.03 Å². The summed E-state index contributed by atoms with van der Waals surface area (Å²) < 4.78 is 15.9. The third-order valence-electron chi connectivity index (χ3n) is 3.78. The van der Waals surface area contributed by atoms with Gasteiger partial charge in [0.15, 0.2) is 0 Å². The van der Waals surface area contributed by atoms with Crippen LogP contribution in [0.5, 0.6) is 23.1 Å². The van der Waals surface area contributed by atoms with Gasteiger partial charge in [0.1, 0.15) is 22.8 Å². The number of carbonyl (C=O) groups excluding carboxylic acids is 2. The van der Waals surface area contributed by atoms with Gasteiger partial charge in [-0.05, 0) is 18.2 Å². The molecule has 154 valence electrons. The second kappa shape index (κ2) is 9.57. The highest BCUT2D eigenvalue weighted by Gasteiger charge is 2.20. The fourth-order valence-corrected chi connectivity index (χ4v) is 2.65. The zero-order valence-electron chi connectivity index (χ0n) is 16.0. The molecule has 9 nitrogen and oxygen atoms in total. The molecular weight excluding hydrogens is 412 g/mol. The second-order valence-electron chi connectivity index (χ2n) is 5.77. The van der Waals surface area contributed by atoms with Crippen LogP contribution in [0.25, 0.3) is 0 Å². The Balaban J connectivity index is 1.63. The molecule has 2 heterocycles. The van der Waals surface area contributed by atoms with Crippen LogP contribution in [0.1, 0.15) is 10.4 Å². The Morgan fingerprint density at radius 3 is 2.33 bits per heavy atom. The number of methoxy groups -OCH3 is 2. The van der Waals surface area contributed by atoms with Crippen LogP contribution < -0.4 is 24.8 Å². The lowest BCUT2D eigenvalue weighted by Gasteiger charge is -2.13. The maximum atomic E-state index is 12.5. The zero-order valence-corrected chi connectivity index (χ0v) is 16.8. The summed E-state index contributed by atoms with van der Waals surface area (Å²) in [6, 6.07) is 8.80. The minimum absolute atomic E-state index is 0.106. The predicted molar refractivity (Wildman–Crippen MR) is 110 cm³/mol. The number of rotatable bonds is 6. The molecule has 0 aliphatic heterocycles. The van der Waals surface area contributed by atoms with Crippen LogP contribution in [0.4, 0.5) is 10.5 Å². The number of hydrogen-bond acceptors (Lipinski definition) is 7. The van der Waals surface area contributed by atoms with Crippen molar-refractivity contribution in [3.8, 4) is 23.1 Å². The Morgan fingerprint density at radius 1 is 1.00 bits per heavy atom. The van der Waals surface area contributed by atoms with E-state index in [9.17, 15) is 9.59 Å². The summed E-state index contributed by atoms with van der Waals surface area (Å²) in [4.78, 5) is 32.7. The monoisotopic (exact) mass is 428 g/mol. The van der Waals surface area contributed by atoms with E-state index < -0.39 is 11.9 Å². The highest BCUT2D eigenvalue weighted by molar-refractivity contribution is 6.30. The Bertz CT molecular complexity index is 1040. The molecule has 0 saturated carbocycles. The molecule has 3 aromatic rings. The van der Waals surface area contributed by atoms with E-state index in [-0.39, 0.29) is 22.9 Å². The Hall–Kier alpha value is -3.85. The van der Waals surface area contributed by atoms with Crippen molar-refractivity contribution in [2.24, 2.45) is 0 Å². The van der Waals surface area contributed by atoms with E-state index in [1.807, 2.05) is 0 Å². The number of aromatic nitrogens is 2. The summed E-state index contributed by atoms with van der Waals surface area (Å²) in [6.45, 7) is 0. The summed E-state index contributed by atoms with van der Waals surface area (Å²) in [5.41, 5.74) is 0.457. The van der Waals surface area contributed by atoms with E-state index in [1.165, 1.54) is 32.8 Å². The lowest BCUT2D eigenvalue weighted by atomic mass is 10.1. The van der Waals surface area contributed by atoms with Crippen LogP contribution in [-0.2, 0) is 0 Å². The molecule has 0 atom stereocenters. The van der Waals surface area contributed by atoms with Gasteiger partial charge < -0.3 is 19.5 Å². The van der Waals surface area contributed by atoms with Crippen molar-refractivity contribution in [2.45, 2.75) is 0 Å². The molecule has 1 aromatic carbocycles. The summed E-state index contributed by atoms with van der Waals surface area (Å²) in [5, 5.41) is 5.17. The molecule has 2 N–H and O–H groups in total. The smallest absolute Gasteiger partial charge is 0.326 e. The third-order valence-corrected chi connectivity index (χ3v) is 3.99. The number of anilines is 1. The average molecular weight is 429 g/mol. The molecule has 10 heteroatoms. The maximum Gasteiger partial charge on any atom is 0.326 e. The summed E-state index contributed by atoms with van der Waals surface area (Å²) in [5.74, 6) is 0.574. The number of carbonyl (C=O) groups is 2. The van der Waals surface area contributed by atoms with Crippen molar-refractivity contribution in [3.05, 3.63) is 65.6 Å². The summed E-state index contributed by atoms with van der Waals surface area (Å²) in [7, 11) is 2.83. The fourth-order valence-electron chi connectivity index (χ4n) is 2.49. The van der Waals surface area contributed by atoms with Gasteiger partial charge in [0.25, 0.3) is 5.91 Å². The topological polar surface area (TPSA) is 112 Å². The van der Waals surface area contributed by atoms with Crippen molar-refractivity contribution < 1.29 is 23.8 Å². The minimum atomic E-state index is -0.748. The van der Waals surface area contributed by atoms with Crippen molar-refractivity contribution >= 4 is 29.2 Å². The fraction of sp³-hybridized carbons (Fsp3) is 0.100. The van der Waals surface area contributed by atoms with E-state index >= 15 is 0 Å². The number of urea groups is 1. The first kappa shape index (κ1) is 20.9. The Kier molecular flexibility index (Phi) is 6.66.